The maximum Gasteiger partial charge on any atom is 0.165 e. The van der Waals surface area contributed by atoms with E-state index in [1.165, 1.54) is 13.2 Å². The number of morpholine rings is 1. The number of benzene rings is 1. The van der Waals surface area contributed by atoms with Crippen LogP contribution in [0.25, 0.3) is 0 Å². The minimum Gasteiger partial charge on any atom is -0.494 e. The SMILES string of the molecule is COc1ccc(CN2CC(CN)OC(C)(C)C2)cc1F. The Kier molecular flexibility index (Phi) is 4.62. The molecule has 1 aliphatic rings. The molecule has 1 fully saturated rings. The molecule has 1 unspecified atom stereocenters. The second-order valence-electron chi connectivity index (χ2n) is 5.87. The van der Waals surface area contributed by atoms with E-state index in [0.29, 0.717) is 13.1 Å². The molecule has 112 valence electrons. The summed E-state index contributed by atoms with van der Waals surface area (Å²) >= 11 is 0. The van der Waals surface area contributed by atoms with Gasteiger partial charge in [-0.3, -0.25) is 4.90 Å². The molecule has 1 aromatic carbocycles. The summed E-state index contributed by atoms with van der Waals surface area (Å²) in [6.45, 7) is 6.86. The van der Waals surface area contributed by atoms with Crippen molar-refractivity contribution in [3.8, 4) is 5.75 Å². The van der Waals surface area contributed by atoms with Crippen LogP contribution in [-0.4, -0.2) is 43.3 Å². The molecule has 0 spiro atoms. The van der Waals surface area contributed by atoms with Crippen molar-refractivity contribution >= 4 is 0 Å². The van der Waals surface area contributed by atoms with Gasteiger partial charge in [-0.1, -0.05) is 6.07 Å². The van der Waals surface area contributed by atoms with E-state index in [1.807, 2.05) is 6.07 Å². The van der Waals surface area contributed by atoms with Crippen LogP contribution in [0.15, 0.2) is 18.2 Å². The third kappa shape index (κ3) is 3.69. The van der Waals surface area contributed by atoms with Gasteiger partial charge in [-0.25, -0.2) is 4.39 Å². The normalized spacial score (nSPS) is 22.8. The van der Waals surface area contributed by atoms with Gasteiger partial charge in [0.2, 0.25) is 0 Å². The molecule has 5 heteroatoms. The third-order valence-electron chi connectivity index (χ3n) is 3.44. The first-order valence-electron chi connectivity index (χ1n) is 6.86. The van der Waals surface area contributed by atoms with Crippen LogP contribution in [0.5, 0.6) is 5.75 Å². The maximum absolute atomic E-state index is 13.7. The lowest BCUT2D eigenvalue weighted by Gasteiger charge is -2.42. The van der Waals surface area contributed by atoms with E-state index in [1.54, 1.807) is 6.07 Å². The first-order chi connectivity index (χ1) is 9.43. The van der Waals surface area contributed by atoms with Crippen LogP contribution in [0.4, 0.5) is 4.39 Å². The molecule has 1 aromatic rings. The molecule has 4 nitrogen and oxygen atoms in total. The minimum absolute atomic E-state index is 0.0295. The predicted octanol–water partition coefficient (Wildman–Crippen LogP) is 1.77. The maximum atomic E-state index is 13.7. The van der Waals surface area contributed by atoms with Crippen molar-refractivity contribution in [2.45, 2.75) is 32.1 Å². The zero-order chi connectivity index (χ0) is 14.8. The first kappa shape index (κ1) is 15.2. The smallest absolute Gasteiger partial charge is 0.165 e. The molecule has 1 saturated heterocycles. The minimum atomic E-state index is -0.326. The number of ether oxygens (including phenoxy) is 2. The van der Waals surface area contributed by atoms with Crippen molar-refractivity contribution in [1.29, 1.82) is 0 Å². The summed E-state index contributed by atoms with van der Waals surface area (Å²) in [5, 5.41) is 0. The van der Waals surface area contributed by atoms with E-state index in [4.69, 9.17) is 15.2 Å². The van der Waals surface area contributed by atoms with Gasteiger partial charge < -0.3 is 15.2 Å². The summed E-state index contributed by atoms with van der Waals surface area (Å²) in [6, 6.07) is 5.08. The highest BCUT2D eigenvalue weighted by molar-refractivity contribution is 5.29. The van der Waals surface area contributed by atoms with E-state index in [-0.39, 0.29) is 23.3 Å². The van der Waals surface area contributed by atoms with Gasteiger partial charge in [0.05, 0.1) is 18.8 Å². The Morgan fingerprint density at radius 3 is 2.85 bits per heavy atom. The zero-order valence-electron chi connectivity index (χ0n) is 12.4. The van der Waals surface area contributed by atoms with E-state index in [0.717, 1.165) is 18.7 Å². The highest BCUT2D eigenvalue weighted by atomic mass is 19.1. The lowest BCUT2D eigenvalue weighted by molar-refractivity contribution is -0.133. The number of nitrogens with zero attached hydrogens (tertiary/aromatic N) is 1. The van der Waals surface area contributed by atoms with Crippen LogP contribution in [0.3, 0.4) is 0 Å². The standard InChI is InChI=1S/C15H23FN2O2/c1-15(2)10-18(9-12(7-17)20-15)8-11-4-5-14(19-3)13(16)6-11/h4-6,12H,7-10,17H2,1-3H3. The highest BCUT2D eigenvalue weighted by Crippen LogP contribution is 2.24. The monoisotopic (exact) mass is 282 g/mol. The molecule has 1 atom stereocenters. The molecular formula is C15H23FN2O2. The molecule has 0 saturated carbocycles. The molecule has 1 aliphatic heterocycles. The molecule has 0 aliphatic carbocycles. The largest absolute Gasteiger partial charge is 0.494 e. The molecule has 2 N–H and O–H groups in total. The van der Waals surface area contributed by atoms with Crippen LogP contribution in [0.2, 0.25) is 0 Å². The number of rotatable bonds is 4. The van der Waals surface area contributed by atoms with Crippen LogP contribution in [0.1, 0.15) is 19.4 Å². The quantitative estimate of drug-likeness (QED) is 0.914. The van der Waals surface area contributed by atoms with Gasteiger partial charge in [-0.15, -0.1) is 0 Å². The van der Waals surface area contributed by atoms with Crippen LogP contribution < -0.4 is 10.5 Å². The summed E-state index contributed by atoms with van der Waals surface area (Å²) in [6.07, 6.45) is 0.0295. The molecule has 2 rings (SSSR count). The molecule has 0 radical (unpaired) electrons. The number of hydrogen-bond acceptors (Lipinski definition) is 4. The van der Waals surface area contributed by atoms with Gasteiger partial charge in [0.1, 0.15) is 0 Å². The van der Waals surface area contributed by atoms with Crippen LogP contribution in [-0.2, 0) is 11.3 Å². The lowest BCUT2D eigenvalue weighted by atomic mass is 10.0. The number of hydrogen-bond donors (Lipinski definition) is 1. The fourth-order valence-corrected chi connectivity index (χ4v) is 2.73. The number of methoxy groups -OCH3 is 1. The average molecular weight is 282 g/mol. The topological polar surface area (TPSA) is 47.7 Å². The van der Waals surface area contributed by atoms with E-state index < -0.39 is 0 Å². The van der Waals surface area contributed by atoms with Gasteiger partial charge in [0, 0.05) is 26.2 Å². The molecule has 0 bridgehead atoms. The lowest BCUT2D eigenvalue weighted by Crippen LogP contribution is -2.54. The van der Waals surface area contributed by atoms with Crippen molar-refractivity contribution < 1.29 is 13.9 Å². The third-order valence-corrected chi connectivity index (χ3v) is 3.44. The van der Waals surface area contributed by atoms with Gasteiger partial charge in [0.25, 0.3) is 0 Å². The fourth-order valence-electron chi connectivity index (χ4n) is 2.73. The van der Waals surface area contributed by atoms with E-state index in [9.17, 15) is 4.39 Å². The number of nitrogens with two attached hydrogens (primary N) is 1. The predicted molar refractivity (Wildman–Crippen MR) is 76.2 cm³/mol. The Morgan fingerprint density at radius 1 is 1.50 bits per heavy atom. The zero-order valence-corrected chi connectivity index (χ0v) is 12.4. The highest BCUT2D eigenvalue weighted by Gasteiger charge is 2.32. The molecule has 20 heavy (non-hydrogen) atoms. The summed E-state index contributed by atoms with van der Waals surface area (Å²) in [5.74, 6) is -0.0520. The molecular weight excluding hydrogens is 259 g/mol. The Bertz CT molecular complexity index is 465. The van der Waals surface area contributed by atoms with E-state index in [2.05, 4.69) is 18.7 Å². The summed E-state index contributed by atoms with van der Waals surface area (Å²) in [7, 11) is 1.47. The van der Waals surface area contributed by atoms with Crippen LogP contribution in [0, 0.1) is 5.82 Å². The molecule has 1 heterocycles. The fraction of sp³-hybridized carbons (Fsp3) is 0.600. The van der Waals surface area contributed by atoms with Crippen molar-refractivity contribution in [2.75, 3.05) is 26.7 Å². The van der Waals surface area contributed by atoms with Crippen molar-refractivity contribution in [3.05, 3.63) is 29.6 Å². The Balaban J connectivity index is 2.07. The second-order valence-corrected chi connectivity index (χ2v) is 5.87. The molecule has 0 aromatic heterocycles. The van der Waals surface area contributed by atoms with Gasteiger partial charge >= 0.3 is 0 Å². The molecule has 0 amide bonds. The average Bonchev–Trinajstić information content (AvgIpc) is 2.37. The van der Waals surface area contributed by atoms with Crippen LogP contribution >= 0.6 is 0 Å². The number of halogens is 1. The van der Waals surface area contributed by atoms with Crippen molar-refractivity contribution in [1.82, 2.24) is 4.90 Å². The van der Waals surface area contributed by atoms with Gasteiger partial charge in [-0.05, 0) is 31.5 Å². The van der Waals surface area contributed by atoms with E-state index >= 15 is 0 Å². The van der Waals surface area contributed by atoms with Crippen molar-refractivity contribution in [3.63, 3.8) is 0 Å². The first-order valence-corrected chi connectivity index (χ1v) is 6.86. The Hall–Kier alpha value is -1.17. The Morgan fingerprint density at radius 2 is 2.25 bits per heavy atom. The summed E-state index contributed by atoms with van der Waals surface area (Å²) < 4.78 is 24.5. The second kappa shape index (κ2) is 6.08. The summed E-state index contributed by atoms with van der Waals surface area (Å²) in [4.78, 5) is 2.25. The van der Waals surface area contributed by atoms with Crippen molar-refractivity contribution in [2.24, 2.45) is 5.73 Å². The van der Waals surface area contributed by atoms with Gasteiger partial charge in [-0.2, -0.15) is 0 Å². The summed E-state index contributed by atoms with van der Waals surface area (Å²) in [5.41, 5.74) is 6.41. The van der Waals surface area contributed by atoms with Gasteiger partial charge in [0.15, 0.2) is 11.6 Å². The Labute approximate surface area is 119 Å².